The highest BCUT2D eigenvalue weighted by Crippen LogP contribution is 2.34. The van der Waals surface area contributed by atoms with Crippen LogP contribution in [0.15, 0.2) is 66.7 Å². The van der Waals surface area contributed by atoms with Crippen LogP contribution in [0.5, 0.6) is 0 Å². The average Bonchev–Trinajstić information content (AvgIpc) is 3.07. The van der Waals surface area contributed by atoms with Gasteiger partial charge in [-0.1, -0.05) is 35.9 Å². The maximum absolute atomic E-state index is 12.6. The van der Waals surface area contributed by atoms with Crippen LogP contribution >= 0.6 is 20.6 Å². The number of hydrogen-bond donors (Lipinski definition) is 1. The highest BCUT2D eigenvalue weighted by Gasteiger charge is 2.14. The number of anilines is 1. The number of amides is 1. The summed E-state index contributed by atoms with van der Waals surface area (Å²) in [5.41, 5.74) is 4.43. The largest absolute Gasteiger partial charge is 0.321 e. The molecule has 1 N–H and O–H groups in total. The molecule has 0 bridgehead atoms. The first-order valence-corrected chi connectivity index (χ1v) is 9.63. The van der Waals surface area contributed by atoms with Crippen molar-refractivity contribution in [1.82, 2.24) is 4.98 Å². The molecule has 0 saturated heterocycles. The molecule has 0 aliphatic rings. The summed E-state index contributed by atoms with van der Waals surface area (Å²) in [6.07, 6.45) is 0. The number of rotatable bonds is 3. The number of aryl methyl sites for hydroxylation is 1. The molecule has 1 amide bonds. The molecule has 1 heterocycles. The van der Waals surface area contributed by atoms with E-state index in [1.807, 2.05) is 67.6 Å². The molecule has 0 aliphatic carbocycles. The Hall–Kier alpha value is -2.55. The van der Waals surface area contributed by atoms with E-state index in [2.05, 4.69) is 20.6 Å². The number of hydrogen-bond acceptors (Lipinski definition) is 3. The first-order chi connectivity index (χ1) is 12.6. The molecule has 0 spiro atoms. The van der Waals surface area contributed by atoms with E-state index < -0.39 is 0 Å². The van der Waals surface area contributed by atoms with Gasteiger partial charge in [0.2, 0.25) is 0 Å². The van der Waals surface area contributed by atoms with Gasteiger partial charge < -0.3 is 5.32 Å². The molecule has 1 aromatic heterocycles. The van der Waals surface area contributed by atoms with Crippen molar-refractivity contribution in [2.45, 2.75) is 6.92 Å². The van der Waals surface area contributed by atoms with Gasteiger partial charge in [-0.3, -0.25) is 4.79 Å². The van der Waals surface area contributed by atoms with Gasteiger partial charge in [0, 0.05) is 11.1 Å². The van der Waals surface area contributed by atoms with Crippen LogP contribution in [-0.2, 0) is 0 Å². The second-order valence-corrected chi connectivity index (χ2v) is 7.81. The molecule has 4 aromatic rings. The number of nitrogens with zero attached hydrogens (tertiary/aromatic N) is 1. The van der Waals surface area contributed by atoms with Gasteiger partial charge in [-0.15, -0.1) is 20.6 Å². The third-order valence-corrected chi connectivity index (χ3v) is 5.56. The molecule has 0 fully saturated rings. The Labute approximate surface area is 158 Å². The molecule has 26 heavy (non-hydrogen) atoms. The lowest BCUT2D eigenvalue weighted by atomic mass is 10.1. The Kier molecular flexibility index (Phi) is 4.54. The van der Waals surface area contributed by atoms with E-state index in [1.165, 1.54) is 0 Å². The molecule has 1 atom stereocenters. The molecule has 3 aromatic carbocycles. The second kappa shape index (κ2) is 6.99. The molecule has 1 unspecified atom stereocenters. The highest BCUT2D eigenvalue weighted by atomic mass is 32.1. The molecule has 0 radical (unpaired) electrons. The lowest BCUT2D eigenvalue weighted by molar-refractivity contribution is 0.102. The van der Waals surface area contributed by atoms with Gasteiger partial charge in [0.25, 0.3) is 5.91 Å². The summed E-state index contributed by atoms with van der Waals surface area (Å²) in [6, 6.07) is 21.5. The fourth-order valence-electron chi connectivity index (χ4n) is 2.73. The zero-order chi connectivity index (χ0) is 18.1. The van der Waals surface area contributed by atoms with Crippen molar-refractivity contribution in [1.29, 1.82) is 0 Å². The third kappa shape index (κ3) is 3.39. The minimum atomic E-state index is -0.121. The Morgan fingerprint density at radius 2 is 1.81 bits per heavy atom. The first-order valence-electron chi connectivity index (χ1n) is 8.24. The van der Waals surface area contributed by atoms with E-state index in [0.29, 0.717) is 5.56 Å². The Morgan fingerprint density at radius 3 is 2.58 bits per heavy atom. The van der Waals surface area contributed by atoms with Crippen molar-refractivity contribution in [3.05, 3.63) is 77.9 Å². The number of para-hydroxylation sites is 1. The van der Waals surface area contributed by atoms with Crippen LogP contribution in [-0.4, -0.2) is 10.9 Å². The second-order valence-electron chi connectivity index (χ2n) is 6.11. The quantitative estimate of drug-likeness (QED) is 0.510. The molecule has 0 aliphatic heterocycles. The lowest BCUT2D eigenvalue weighted by Crippen LogP contribution is -2.13. The van der Waals surface area contributed by atoms with Gasteiger partial charge in [-0.25, -0.2) is 4.98 Å². The van der Waals surface area contributed by atoms with E-state index >= 15 is 0 Å². The zero-order valence-corrected chi connectivity index (χ0v) is 16.2. The fraction of sp³-hybridized carbons (Fsp3) is 0.0476. The van der Waals surface area contributed by atoms with Gasteiger partial charge >= 0.3 is 0 Å². The van der Waals surface area contributed by atoms with Crippen LogP contribution < -0.4 is 10.6 Å². The summed E-state index contributed by atoms with van der Waals surface area (Å²) >= 11 is 1.63. The molecular weight excluding hydrogens is 359 g/mol. The molecule has 4 rings (SSSR count). The van der Waals surface area contributed by atoms with Gasteiger partial charge in [0.15, 0.2) is 0 Å². The van der Waals surface area contributed by atoms with Crippen LogP contribution in [0.2, 0.25) is 0 Å². The Morgan fingerprint density at radius 1 is 1.04 bits per heavy atom. The predicted molar refractivity (Wildman–Crippen MR) is 114 cm³/mol. The van der Waals surface area contributed by atoms with E-state index in [9.17, 15) is 4.79 Å². The normalized spacial score (nSPS) is 10.8. The van der Waals surface area contributed by atoms with Crippen LogP contribution in [0.3, 0.4) is 0 Å². The maximum atomic E-state index is 12.6. The first kappa shape index (κ1) is 16.9. The molecule has 5 heteroatoms. The maximum Gasteiger partial charge on any atom is 0.255 e. The van der Waals surface area contributed by atoms with E-state index in [1.54, 1.807) is 11.3 Å². The van der Waals surface area contributed by atoms with Gasteiger partial charge in [0.05, 0.1) is 15.9 Å². The van der Waals surface area contributed by atoms with Gasteiger partial charge in [0.1, 0.15) is 5.01 Å². The van der Waals surface area contributed by atoms with E-state index in [-0.39, 0.29) is 5.91 Å². The topological polar surface area (TPSA) is 42.0 Å². The third-order valence-electron chi connectivity index (χ3n) is 4.13. The monoisotopic (exact) mass is 376 g/mol. The summed E-state index contributed by atoms with van der Waals surface area (Å²) in [6.45, 7) is 2.00. The van der Waals surface area contributed by atoms with Crippen LogP contribution in [0.1, 0.15) is 15.9 Å². The summed E-state index contributed by atoms with van der Waals surface area (Å²) in [7, 11) is 2.70. The molecular formula is C21H17N2OPS. The summed E-state index contributed by atoms with van der Waals surface area (Å²) in [4.78, 5) is 17.4. The van der Waals surface area contributed by atoms with Gasteiger partial charge in [-0.2, -0.15) is 0 Å². The zero-order valence-electron chi connectivity index (χ0n) is 14.2. The number of fused-ring (bicyclic) bond motifs is 1. The predicted octanol–water partition coefficient (Wildman–Crippen LogP) is 5.02. The van der Waals surface area contributed by atoms with E-state index in [0.717, 1.165) is 37.3 Å². The summed E-state index contributed by atoms with van der Waals surface area (Å²) in [5, 5.41) is 4.98. The Bertz CT molecular complexity index is 1070. The Balaban J connectivity index is 1.72. The number of benzene rings is 3. The lowest BCUT2D eigenvalue weighted by Gasteiger charge is -2.10. The smallest absolute Gasteiger partial charge is 0.255 e. The highest BCUT2D eigenvalue weighted by molar-refractivity contribution is 7.27. The van der Waals surface area contributed by atoms with Crippen molar-refractivity contribution < 1.29 is 4.79 Å². The minimum Gasteiger partial charge on any atom is -0.321 e. The number of thiazole rings is 1. The fourth-order valence-corrected chi connectivity index (χ4v) is 3.99. The van der Waals surface area contributed by atoms with E-state index in [4.69, 9.17) is 4.98 Å². The van der Waals surface area contributed by atoms with Crippen molar-refractivity contribution in [3.63, 3.8) is 0 Å². The summed E-state index contributed by atoms with van der Waals surface area (Å²) in [5.74, 6) is -0.121. The minimum absolute atomic E-state index is 0.121. The van der Waals surface area contributed by atoms with Gasteiger partial charge in [-0.05, 0) is 48.6 Å². The standard InChI is InChI=1S/C21H17N2OPS/c1-13-6-8-14(9-7-13)20(24)22-17-11-10-15(25)12-16(17)21-23-18-4-2-3-5-19(18)26-21/h2-12H,25H2,1H3,(H,22,24). The van der Waals surface area contributed by atoms with Crippen molar-refractivity contribution in [3.8, 4) is 10.6 Å². The van der Waals surface area contributed by atoms with Crippen LogP contribution in [0, 0.1) is 6.92 Å². The van der Waals surface area contributed by atoms with Crippen LogP contribution in [0.4, 0.5) is 5.69 Å². The number of aromatic nitrogens is 1. The van der Waals surface area contributed by atoms with Crippen molar-refractivity contribution in [2.24, 2.45) is 0 Å². The number of carbonyl (C=O) groups excluding carboxylic acids is 1. The average molecular weight is 376 g/mol. The summed E-state index contributed by atoms with van der Waals surface area (Å²) < 4.78 is 1.13. The van der Waals surface area contributed by atoms with Crippen molar-refractivity contribution >= 4 is 47.7 Å². The number of carbonyl (C=O) groups is 1. The number of nitrogens with one attached hydrogen (secondary N) is 1. The molecule has 0 saturated carbocycles. The SMILES string of the molecule is Cc1ccc(C(=O)Nc2ccc(P)cc2-c2nc3ccccc3s2)cc1. The van der Waals surface area contributed by atoms with Crippen molar-refractivity contribution in [2.75, 3.05) is 5.32 Å². The van der Waals surface area contributed by atoms with Crippen LogP contribution in [0.25, 0.3) is 20.8 Å². The molecule has 128 valence electrons. The molecule has 3 nitrogen and oxygen atoms in total.